The van der Waals surface area contributed by atoms with Crippen LogP contribution in [0.4, 0.5) is 5.69 Å². The predicted octanol–water partition coefficient (Wildman–Crippen LogP) is 2.51. The van der Waals surface area contributed by atoms with Gasteiger partial charge in [-0.2, -0.15) is 0 Å². The SMILES string of the molecule is N[C@H](COC(=O)c1ccc(-c2ccccc2)cc1N1C(=O)c2ccc(-c3c[nH]nn3)cc2C1=O)C(=O)O. The number of carboxylic acid groups (broad SMARTS) is 1. The lowest BCUT2D eigenvalue weighted by molar-refractivity contribution is -0.139. The van der Waals surface area contributed by atoms with E-state index in [2.05, 4.69) is 15.4 Å². The summed E-state index contributed by atoms with van der Waals surface area (Å²) in [7, 11) is 0. The number of amides is 2. The van der Waals surface area contributed by atoms with Crippen LogP contribution in [0.2, 0.25) is 0 Å². The number of nitrogens with one attached hydrogen (secondary N) is 1. The summed E-state index contributed by atoms with van der Waals surface area (Å²) in [6.07, 6.45) is 1.56. The third-order valence-electron chi connectivity index (χ3n) is 5.88. The number of carboxylic acids is 1. The third-order valence-corrected chi connectivity index (χ3v) is 5.88. The van der Waals surface area contributed by atoms with E-state index in [0.717, 1.165) is 10.5 Å². The highest BCUT2D eigenvalue weighted by molar-refractivity contribution is 6.35. The number of esters is 1. The van der Waals surface area contributed by atoms with Crippen LogP contribution in [0.15, 0.2) is 72.9 Å². The van der Waals surface area contributed by atoms with Gasteiger partial charge in [0.15, 0.2) is 0 Å². The zero-order chi connectivity index (χ0) is 26.1. The van der Waals surface area contributed by atoms with E-state index in [0.29, 0.717) is 16.8 Å². The number of ether oxygens (including phenoxy) is 1. The quantitative estimate of drug-likeness (QED) is 0.256. The molecule has 4 aromatic rings. The van der Waals surface area contributed by atoms with Gasteiger partial charge in [0.2, 0.25) is 0 Å². The molecular weight excluding hydrogens is 478 g/mol. The van der Waals surface area contributed by atoms with E-state index in [1.807, 2.05) is 30.3 Å². The van der Waals surface area contributed by atoms with E-state index < -0.39 is 36.4 Å². The maximum Gasteiger partial charge on any atom is 0.340 e. The lowest BCUT2D eigenvalue weighted by Crippen LogP contribution is -2.36. The molecule has 11 nitrogen and oxygen atoms in total. The van der Waals surface area contributed by atoms with Gasteiger partial charge in [0.05, 0.1) is 22.4 Å². The number of aromatic amines is 1. The smallest absolute Gasteiger partial charge is 0.340 e. The van der Waals surface area contributed by atoms with E-state index in [9.17, 15) is 19.2 Å². The van der Waals surface area contributed by atoms with E-state index in [1.54, 1.807) is 30.5 Å². The fourth-order valence-electron chi connectivity index (χ4n) is 3.98. The summed E-state index contributed by atoms with van der Waals surface area (Å²) < 4.78 is 5.10. The Hall–Kier alpha value is -5.16. The summed E-state index contributed by atoms with van der Waals surface area (Å²) in [5.41, 5.74) is 8.18. The fourth-order valence-corrected chi connectivity index (χ4v) is 3.98. The molecular formula is C26H19N5O6. The lowest BCUT2D eigenvalue weighted by atomic mass is 10.0. The number of aromatic nitrogens is 3. The molecule has 2 heterocycles. The number of imide groups is 1. The molecule has 1 aliphatic rings. The Morgan fingerprint density at radius 1 is 0.946 bits per heavy atom. The van der Waals surface area contributed by atoms with Gasteiger partial charge in [-0.15, -0.1) is 5.10 Å². The van der Waals surface area contributed by atoms with Crippen molar-refractivity contribution in [3.63, 3.8) is 0 Å². The van der Waals surface area contributed by atoms with Crippen LogP contribution in [0.1, 0.15) is 31.1 Å². The Labute approximate surface area is 209 Å². The Balaban J connectivity index is 1.57. The molecule has 2 amide bonds. The highest BCUT2D eigenvalue weighted by Gasteiger charge is 2.39. The molecule has 1 aliphatic heterocycles. The molecule has 0 radical (unpaired) electrons. The molecule has 37 heavy (non-hydrogen) atoms. The van der Waals surface area contributed by atoms with Crippen LogP contribution in [0.25, 0.3) is 22.4 Å². The average Bonchev–Trinajstić information content (AvgIpc) is 3.54. The van der Waals surface area contributed by atoms with Crippen molar-refractivity contribution >= 4 is 29.4 Å². The number of carbonyl (C=O) groups excluding carboxylic acids is 3. The third kappa shape index (κ3) is 4.34. The first kappa shape index (κ1) is 23.6. The molecule has 4 N–H and O–H groups in total. The lowest BCUT2D eigenvalue weighted by Gasteiger charge is -2.19. The van der Waals surface area contributed by atoms with Crippen LogP contribution in [-0.4, -0.2) is 56.9 Å². The first-order valence-corrected chi connectivity index (χ1v) is 11.1. The summed E-state index contributed by atoms with van der Waals surface area (Å²) in [5, 5.41) is 19.2. The summed E-state index contributed by atoms with van der Waals surface area (Å²) >= 11 is 0. The number of rotatable bonds is 7. The number of nitrogens with zero attached hydrogens (tertiary/aromatic N) is 3. The molecule has 11 heteroatoms. The van der Waals surface area contributed by atoms with Crippen LogP contribution in [-0.2, 0) is 9.53 Å². The highest BCUT2D eigenvalue weighted by atomic mass is 16.5. The summed E-state index contributed by atoms with van der Waals surface area (Å²) in [6.45, 7) is -0.586. The number of carbonyl (C=O) groups is 4. The van der Waals surface area contributed by atoms with E-state index in [4.69, 9.17) is 15.6 Å². The Morgan fingerprint density at radius 2 is 1.68 bits per heavy atom. The maximum atomic E-state index is 13.5. The molecule has 5 rings (SSSR count). The predicted molar refractivity (Wildman–Crippen MR) is 131 cm³/mol. The van der Waals surface area contributed by atoms with Gasteiger partial charge in [0, 0.05) is 11.8 Å². The van der Waals surface area contributed by atoms with E-state index in [1.165, 1.54) is 12.1 Å². The summed E-state index contributed by atoms with van der Waals surface area (Å²) in [6, 6.07) is 17.1. The minimum Gasteiger partial charge on any atom is -0.480 e. The molecule has 0 fully saturated rings. The number of fused-ring (bicyclic) bond motifs is 1. The molecule has 1 aromatic heterocycles. The van der Waals surface area contributed by atoms with Crippen molar-refractivity contribution in [3.05, 3.63) is 89.6 Å². The van der Waals surface area contributed by atoms with Crippen LogP contribution in [0, 0.1) is 0 Å². The molecule has 184 valence electrons. The Kier molecular flexibility index (Phi) is 6.04. The second kappa shape index (κ2) is 9.47. The van der Waals surface area contributed by atoms with Crippen molar-refractivity contribution in [2.75, 3.05) is 11.5 Å². The maximum absolute atomic E-state index is 13.5. The Bertz CT molecular complexity index is 1530. The Morgan fingerprint density at radius 3 is 2.38 bits per heavy atom. The average molecular weight is 497 g/mol. The first-order valence-electron chi connectivity index (χ1n) is 11.1. The van der Waals surface area contributed by atoms with Crippen LogP contribution < -0.4 is 10.6 Å². The van der Waals surface area contributed by atoms with Crippen LogP contribution in [0.3, 0.4) is 0 Å². The van der Waals surface area contributed by atoms with Crippen molar-refractivity contribution in [3.8, 4) is 22.4 Å². The second-order valence-corrected chi connectivity index (χ2v) is 8.21. The molecule has 0 bridgehead atoms. The molecule has 0 saturated heterocycles. The molecule has 0 unspecified atom stereocenters. The van der Waals surface area contributed by atoms with Crippen molar-refractivity contribution in [1.82, 2.24) is 15.4 Å². The van der Waals surface area contributed by atoms with Gasteiger partial charge < -0.3 is 15.6 Å². The highest BCUT2D eigenvalue weighted by Crippen LogP contribution is 2.35. The molecule has 0 saturated carbocycles. The van der Waals surface area contributed by atoms with E-state index >= 15 is 0 Å². The zero-order valence-electron chi connectivity index (χ0n) is 19.1. The minimum absolute atomic E-state index is 0.00411. The fraction of sp³-hybridized carbons (Fsp3) is 0.0769. The largest absolute Gasteiger partial charge is 0.480 e. The van der Waals surface area contributed by atoms with Gasteiger partial charge in [-0.1, -0.05) is 47.7 Å². The second-order valence-electron chi connectivity index (χ2n) is 8.21. The van der Waals surface area contributed by atoms with Gasteiger partial charge >= 0.3 is 11.9 Å². The van der Waals surface area contributed by atoms with E-state index in [-0.39, 0.29) is 22.4 Å². The van der Waals surface area contributed by atoms with Crippen molar-refractivity contribution in [2.24, 2.45) is 5.73 Å². The standard InChI is InChI=1S/C26H19N5O6/c27-20(25(34)35)13-37-26(36)18-9-6-15(14-4-2-1-3-5-14)11-22(18)31-23(32)17-8-7-16(10-19(17)24(31)33)21-12-28-30-29-21/h1-12,20H,13,27H2,(H,34,35)(H,28,29,30)/t20-/m1/s1. The number of nitrogens with two attached hydrogens (primary N) is 1. The number of aliphatic carboxylic acids is 1. The topological polar surface area (TPSA) is 169 Å². The molecule has 0 aliphatic carbocycles. The van der Waals surface area contributed by atoms with Gasteiger partial charge in [0.1, 0.15) is 18.3 Å². The monoisotopic (exact) mass is 497 g/mol. The first-order chi connectivity index (χ1) is 17.8. The number of hydrogen-bond donors (Lipinski definition) is 3. The minimum atomic E-state index is -1.43. The summed E-state index contributed by atoms with van der Waals surface area (Å²) in [4.78, 5) is 51.8. The van der Waals surface area contributed by atoms with Gasteiger partial charge in [-0.25, -0.2) is 9.69 Å². The van der Waals surface area contributed by atoms with Crippen molar-refractivity contribution in [2.45, 2.75) is 6.04 Å². The van der Waals surface area contributed by atoms with Crippen molar-refractivity contribution < 1.29 is 29.0 Å². The van der Waals surface area contributed by atoms with Gasteiger partial charge in [-0.05, 0) is 35.4 Å². The molecule has 1 atom stereocenters. The normalized spacial score (nSPS) is 13.4. The number of anilines is 1. The number of benzene rings is 3. The number of hydrogen-bond acceptors (Lipinski definition) is 8. The molecule has 3 aromatic carbocycles. The van der Waals surface area contributed by atoms with Gasteiger partial charge in [-0.3, -0.25) is 19.5 Å². The van der Waals surface area contributed by atoms with Crippen molar-refractivity contribution in [1.29, 1.82) is 0 Å². The molecule has 0 spiro atoms. The van der Waals surface area contributed by atoms with Crippen LogP contribution >= 0.6 is 0 Å². The van der Waals surface area contributed by atoms with Crippen LogP contribution in [0.5, 0.6) is 0 Å². The number of H-pyrrole nitrogens is 1. The van der Waals surface area contributed by atoms with Gasteiger partial charge in [0.25, 0.3) is 11.8 Å². The zero-order valence-corrected chi connectivity index (χ0v) is 19.1. The summed E-state index contributed by atoms with van der Waals surface area (Å²) in [5.74, 6) is -3.51.